The third kappa shape index (κ3) is 2.42. The van der Waals surface area contributed by atoms with Crippen LogP contribution in [0.15, 0.2) is 4.47 Å². The molecule has 1 atom stereocenters. The van der Waals surface area contributed by atoms with Crippen LogP contribution < -0.4 is 0 Å². The Bertz CT molecular complexity index is 358. The lowest BCUT2D eigenvalue weighted by Crippen LogP contribution is -2.11. The van der Waals surface area contributed by atoms with Crippen molar-refractivity contribution in [3.63, 3.8) is 0 Å². The van der Waals surface area contributed by atoms with Crippen molar-refractivity contribution in [2.45, 2.75) is 38.7 Å². The van der Waals surface area contributed by atoms with Gasteiger partial charge in [0.05, 0.1) is 22.0 Å². The molecule has 1 aromatic heterocycles. The van der Waals surface area contributed by atoms with Crippen LogP contribution in [0.4, 0.5) is 0 Å². The van der Waals surface area contributed by atoms with Crippen LogP contribution in [0.1, 0.15) is 30.7 Å². The molecule has 1 saturated carbocycles. The average Bonchev–Trinajstić information content (AvgIpc) is 2.96. The van der Waals surface area contributed by atoms with Gasteiger partial charge in [0.2, 0.25) is 0 Å². The standard InChI is InChI=1S/C11H17BrN2O/c1-7-11(12)9(14(2)13-7)5-6-10(15)8-3-4-8/h8,10,15H,3-6H2,1-2H3. The summed E-state index contributed by atoms with van der Waals surface area (Å²) in [6.45, 7) is 1.99. The third-order valence-corrected chi connectivity index (χ3v) is 4.14. The van der Waals surface area contributed by atoms with Crippen LogP contribution >= 0.6 is 15.9 Å². The fourth-order valence-corrected chi connectivity index (χ4v) is 2.49. The molecule has 1 aromatic rings. The number of aromatic nitrogens is 2. The van der Waals surface area contributed by atoms with E-state index >= 15 is 0 Å². The summed E-state index contributed by atoms with van der Waals surface area (Å²) in [6.07, 6.45) is 4.03. The molecule has 2 rings (SSSR count). The first-order valence-corrected chi connectivity index (χ1v) is 6.25. The highest BCUT2D eigenvalue weighted by molar-refractivity contribution is 9.10. The summed E-state index contributed by atoms with van der Waals surface area (Å²) >= 11 is 3.54. The van der Waals surface area contributed by atoms with Gasteiger partial charge >= 0.3 is 0 Å². The molecular weight excluding hydrogens is 256 g/mol. The SMILES string of the molecule is Cc1nn(C)c(CCC(O)C2CC2)c1Br. The summed E-state index contributed by atoms with van der Waals surface area (Å²) in [4.78, 5) is 0. The molecule has 0 aliphatic heterocycles. The predicted molar refractivity (Wildman–Crippen MR) is 62.7 cm³/mol. The van der Waals surface area contributed by atoms with Crippen molar-refractivity contribution in [2.24, 2.45) is 13.0 Å². The highest BCUT2D eigenvalue weighted by Gasteiger charge is 2.29. The Hall–Kier alpha value is -0.350. The zero-order chi connectivity index (χ0) is 11.0. The van der Waals surface area contributed by atoms with Crippen molar-refractivity contribution in [3.05, 3.63) is 15.9 Å². The second-order valence-corrected chi connectivity index (χ2v) is 5.21. The van der Waals surface area contributed by atoms with E-state index in [1.54, 1.807) is 0 Å². The molecule has 0 bridgehead atoms. The van der Waals surface area contributed by atoms with Crippen LogP contribution in [0.25, 0.3) is 0 Å². The molecule has 0 saturated heterocycles. The Morgan fingerprint density at radius 3 is 2.73 bits per heavy atom. The number of aryl methyl sites for hydroxylation is 2. The first-order chi connectivity index (χ1) is 7.09. The van der Waals surface area contributed by atoms with Crippen molar-refractivity contribution >= 4 is 15.9 Å². The van der Waals surface area contributed by atoms with E-state index in [9.17, 15) is 5.11 Å². The van der Waals surface area contributed by atoms with E-state index in [0.29, 0.717) is 5.92 Å². The normalized spacial score (nSPS) is 18.1. The molecule has 4 heteroatoms. The zero-order valence-corrected chi connectivity index (χ0v) is 10.8. The molecule has 1 fully saturated rings. The first-order valence-electron chi connectivity index (χ1n) is 5.45. The summed E-state index contributed by atoms with van der Waals surface area (Å²) in [7, 11) is 1.95. The maximum absolute atomic E-state index is 9.79. The van der Waals surface area contributed by atoms with Gasteiger partial charge < -0.3 is 5.11 Å². The molecule has 1 aliphatic carbocycles. The second kappa shape index (κ2) is 4.26. The number of halogens is 1. The van der Waals surface area contributed by atoms with E-state index in [1.807, 2.05) is 18.7 Å². The Labute approximate surface area is 98.6 Å². The summed E-state index contributed by atoms with van der Waals surface area (Å²) in [6, 6.07) is 0. The van der Waals surface area contributed by atoms with Crippen LogP contribution in [-0.4, -0.2) is 21.0 Å². The van der Waals surface area contributed by atoms with Crippen molar-refractivity contribution in [3.8, 4) is 0 Å². The molecule has 1 unspecified atom stereocenters. The number of aliphatic hydroxyl groups is 1. The van der Waals surface area contributed by atoms with Gasteiger partial charge in [0, 0.05) is 7.05 Å². The molecule has 15 heavy (non-hydrogen) atoms. The Balaban J connectivity index is 1.97. The minimum atomic E-state index is -0.118. The molecule has 1 aliphatic rings. The number of aliphatic hydroxyl groups excluding tert-OH is 1. The minimum absolute atomic E-state index is 0.118. The van der Waals surface area contributed by atoms with Crippen molar-refractivity contribution < 1.29 is 5.11 Å². The molecule has 3 nitrogen and oxygen atoms in total. The lowest BCUT2D eigenvalue weighted by molar-refractivity contribution is 0.141. The molecule has 1 N–H and O–H groups in total. The molecule has 0 radical (unpaired) electrons. The number of hydrogen-bond donors (Lipinski definition) is 1. The van der Waals surface area contributed by atoms with E-state index in [4.69, 9.17) is 0 Å². The van der Waals surface area contributed by atoms with Gasteiger partial charge in [-0.25, -0.2) is 0 Å². The maximum Gasteiger partial charge on any atom is 0.0738 e. The molecular formula is C11H17BrN2O. The summed E-state index contributed by atoms with van der Waals surface area (Å²) in [5, 5.41) is 14.1. The van der Waals surface area contributed by atoms with Gasteiger partial charge in [-0.05, 0) is 54.5 Å². The molecule has 0 aromatic carbocycles. The van der Waals surface area contributed by atoms with Gasteiger partial charge in [-0.15, -0.1) is 0 Å². The Morgan fingerprint density at radius 2 is 2.27 bits per heavy atom. The lowest BCUT2D eigenvalue weighted by atomic mass is 10.1. The second-order valence-electron chi connectivity index (χ2n) is 4.41. The molecule has 0 amide bonds. The van der Waals surface area contributed by atoms with E-state index in [1.165, 1.54) is 18.5 Å². The van der Waals surface area contributed by atoms with Crippen molar-refractivity contribution in [2.75, 3.05) is 0 Å². The quantitative estimate of drug-likeness (QED) is 0.913. The monoisotopic (exact) mass is 272 g/mol. The fourth-order valence-electron chi connectivity index (χ4n) is 1.95. The largest absolute Gasteiger partial charge is 0.393 e. The average molecular weight is 273 g/mol. The van der Waals surface area contributed by atoms with Crippen LogP contribution in [0.2, 0.25) is 0 Å². The first kappa shape index (κ1) is 11.1. The highest BCUT2D eigenvalue weighted by Crippen LogP contribution is 2.34. The fraction of sp³-hybridized carbons (Fsp3) is 0.727. The topological polar surface area (TPSA) is 38.0 Å². The molecule has 0 spiro atoms. The number of hydrogen-bond acceptors (Lipinski definition) is 2. The smallest absolute Gasteiger partial charge is 0.0738 e. The Morgan fingerprint density at radius 1 is 1.60 bits per heavy atom. The minimum Gasteiger partial charge on any atom is -0.393 e. The van der Waals surface area contributed by atoms with E-state index in [0.717, 1.165) is 23.0 Å². The Kier molecular flexibility index (Phi) is 3.16. The van der Waals surface area contributed by atoms with Gasteiger partial charge in [-0.3, -0.25) is 4.68 Å². The van der Waals surface area contributed by atoms with E-state index in [2.05, 4.69) is 21.0 Å². The zero-order valence-electron chi connectivity index (χ0n) is 9.20. The lowest BCUT2D eigenvalue weighted by Gasteiger charge is -2.09. The van der Waals surface area contributed by atoms with Crippen molar-refractivity contribution in [1.82, 2.24) is 9.78 Å². The van der Waals surface area contributed by atoms with Crippen molar-refractivity contribution in [1.29, 1.82) is 0 Å². The molecule has 1 heterocycles. The summed E-state index contributed by atoms with van der Waals surface area (Å²) in [5.74, 6) is 0.568. The van der Waals surface area contributed by atoms with Crippen LogP contribution in [0, 0.1) is 12.8 Å². The van der Waals surface area contributed by atoms with Gasteiger partial charge in [-0.2, -0.15) is 5.10 Å². The molecule has 84 valence electrons. The van der Waals surface area contributed by atoms with Crippen LogP contribution in [0.3, 0.4) is 0 Å². The van der Waals surface area contributed by atoms with Gasteiger partial charge in [0.1, 0.15) is 0 Å². The highest BCUT2D eigenvalue weighted by atomic mass is 79.9. The van der Waals surface area contributed by atoms with Crippen LogP contribution in [-0.2, 0) is 13.5 Å². The maximum atomic E-state index is 9.79. The van der Waals surface area contributed by atoms with Gasteiger partial charge in [-0.1, -0.05) is 0 Å². The third-order valence-electron chi connectivity index (χ3n) is 3.10. The van der Waals surface area contributed by atoms with E-state index in [-0.39, 0.29) is 6.10 Å². The van der Waals surface area contributed by atoms with Gasteiger partial charge in [0.15, 0.2) is 0 Å². The predicted octanol–water partition coefficient (Wildman–Crippen LogP) is 2.19. The van der Waals surface area contributed by atoms with Crippen LogP contribution in [0.5, 0.6) is 0 Å². The number of rotatable bonds is 4. The van der Waals surface area contributed by atoms with Gasteiger partial charge in [0.25, 0.3) is 0 Å². The van der Waals surface area contributed by atoms with E-state index < -0.39 is 0 Å². The number of nitrogens with zero attached hydrogens (tertiary/aromatic N) is 2. The summed E-state index contributed by atoms with van der Waals surface area (Å²) in [5.41, 5.74) is 2.21. The summed E-state index contributed by atoms with van der Waals surface area (Å²) < 4.78 is 2.99.